The van der Waals surface area contributed by atoms with Crippen LogP contribution in [-0.2, 0) is 14.9 Å². The lowest BCUT2D eigenvalue weighted by Crippen LogP contribution is -2.52. The molecule has 0 spiro atoms. The maximum atomic E-state index is 5.67. The molecule has 2 N–H and O–H groups in total. The molecule has 2 heterocycles. The molecule has 3 rings (SSSR count). The fraction of sp³-hybridized carbons (Fsp3) is 0.696. The zero-order valence-electron chi connectivity index (χ0n) is 18.8. The zero-order chi connectivity index (χ0) is 20.6. The third kappa shape index (κ3) is 6.80. The molecule has 0 radical (unpaired) electrons. The Labute approximate surface area is 199 Å². The molecule has 2 saturated heterocycles. The van der Waals surface area contributed by atoms with Crippen LogP contribution in [0.3, 0.4) is 0 Å². The van der Waals surface area contributed by atoms with Crippen LogP contribution < -0.4 is 10.6 Å². The van der Waals surface area contributed by atoms with E-state index in [0.29, 0.717) is 0 Å². The summed E-state index contributed by atoms with van der Waals surface area (Å²) in [5.41, 5.74) is 1.50. The largest absolute Gasteiger partial charge is 0.381 e. The van der Waals surface area contributed by atoms with Gasteiger partial charge < -0.3 is 20.1 Å². The van der Waals surface area contributed by atoms with Crippen molar-refractivity contribution in [3.05, 3.63) is 35.9 Å². The lowest BCUT2D eigenvalue weighted by atomic mass is 9.74. The van der Waals surface area contributed by atoms with Gasteiger partial charge in [-0.2, -0.15) is 0 Å². The van der Waals surface area contributed by atoms with Crippen LogP contribution in [-0.4, -0.2) is 75.5 Å². The van der Waals surface area contributed by atoms with Crippen molar-refractivity contribution >= 4 is 29.9 Å². The molecule has 0 amide bonds. The van der Waals surface area contributed by atoms with Gasteiger partial charge in [0, 0.05) is 50.3 Å². The third-order valence-corrected chi connectivity index (χ3v) is 6.27. The molecule has 2 fully saturated rings. The average Bonchev–Trinajstić information content (AvgIpc) is 2.77. The number of guanidine groups is 1. The van der Waals surface area contributed by atoms with Crippen LogP contribution in [0.5, 0.6) is 0 Å². The highest BCUT2D eigenvalue weighted by atomic mass is 127. The Morgan fingerprint density at radius 3 is 2.30 bits per heavy atom. The van der Waals surface area contributed by atoms with Crippen LogP contribution in [0.15, 0.2) is 35.3 Å². The van der Waals surface area contributed by atoms with Gasteiger partial charge in [-0.1, -0.05) is 30.3 Å². The summed E-state index contributed by atoms with van der Waals surface area (Å²) < 4.78 is 11.2. The smallest absolute Gasteiger partial charge is 0.191 e. The molecule has 2 aliphatic heterocycles. The van der Waals surface area contributed by atoms with Gasteiger partial charge >= 0.3 is 0 Å². The molecular weight excluding hydrogens is 491 g/mol. The highest BCUT2D eigenvalue weighted by molar-refractivity contribution is 14.0. The molecule has 1 aromatic rings. The normalized spacial score (nSPS) is 20.3. The van der Waals surface area contributed by atoms with Crippen LogP contribution >= 0.6 is 24.0 Å². The van der Waals surface area contributed by atoms with Crippen molar-refractivity contribution < 1.29 is 9.47 Å². The first-order valence-electron chi connectivity index (χ1n) is 11.0. The predicted octanol–water partition coefficient (Wildman–Crippen LogP) is 3.02. The van der Waals surface area contributed by atoms with Crippen molar-refractivity contribution in [1.29, 1.82) is 0 Å². The molecule has 2 aliphatic rings. The number of hydrogen-bond donors (Lipinski definition) is 2. The fourth-order valence-electron chi connectivity index (χ4n) is 4.26. The summed E-state index contributed by atoms with van der Waals surface area (Å²) in [6.07, 6.45) is 2.06. The first-order chi connectivity index (χ1) is 14.1. The summed E-state index contributed by atoms with van der Waals surface area (Å²) in [5, 5.41) is 7.08. The van der Waals surface area contributed by atoms with Gasteiger partial charge in [0.2, 0.25) is 0 Å². The van der Waals surface area contributed by atoms with Crippen molar-refractivity contribution in [1.82, 2.24) is 15.5 Å². The summed E-state index contributed by atoms with van der Waals surface area (Å²) in [7, 11) is 0. The topological polar surface area (TPSA) is 58.1 Å². The van der Waals surface area contributed by atoms with E-state index >= 15 is 0 Å². The van der Waals surface area contributed by atoms with Gasteiger partial charge in [-0.05, 0) is 39.2 Å². The number of morpholine rings is 1. The van der Waals surface area contributed by atoms with Crippen LogP contribution in [0.25, 0.3) is 0 Å². The predicted molar refractivity (Wildman–Crippen MR) is 134 cm³/mol. The molecule has 0 atom stereocenters. The van der Waals surface area contributed by atoms with Crippen molar-refractivity contribution in [2.45, 2.75) is 44.6 Å². The second-order valence-electron chi connectivity index (χ2n) is 8.72. The lowest BCUT2D eigenvalue weighted by Gasteiger charge is -2.40. The molecular formula is C23H39IN4O2. The van der Waals surface area contributed by atoms with Gasteiger partial charge in [-0.3, -0.25) is 9.89 Å². The number of halogens is 1. The minimum atomic E-state index is 0. The van der Waals surface area contributed by atoms with Gasteiger partial charge in [-0.25, -0.2) is 0 Å². The summed E-state index contributed by atoms with van der Waals surface area (Å²) in [6.45, 7) is 14.3. The van der Waals surface area contributed by atoms with E-state index in [1.54, 1.807) is 0 Å². The van der Waals surface area contributed by atoms with Crippen molar-refractivity contribution in [3.8, 4) is 0 Å². The number of rotatable bonds is 7. The van der Waals surface area contributed by atoms with E-state index in [0.717, 1.165) is 78.0 Å². The summed E-state index contributed by atoms with van der Waals surface area (Å²) in [4.78, 5) is 7.43. The number of nitrogens with zero attached hydrogens (tertiary/aromatic N) is 2. The molecule has 0 unspecified atom stereocenters. The van der Waals surface area contributed by atoms with Gasteiger partial charge in [0.1, 0.15) is 0 Å². The van der Waals surface area contributed by atoms with Crippen LogP contribution in [0, 0.1) is 0 Å². The van der Waals surface area contributed by atoms with Crippen LogP contribution in [0.2, 0.25) is 0 Å². The van der Waals surface area contributed by atoms with Crippen LogP contribution in [0.1, 0.15) is 39.2 Å². The highest BCUT2D eigenvalue weighted by Crippen LogP contribution is 2.34. The van der Waals surface area contributed by atoms with Crippen molar-refractivity contribution in [2.24, 2.45) is 4.99 Å². The number of nitrogens with one attached hydrogen (secondary N) is 2. The van der Waals surface area contributed by atoms with E-state index in [2.05, 4.69) is 66.6 Å². The molecule has 30 heavy (non-hydrogen) atoms. The van der Waals surface area contributed by atoms with Gasteiger partial charge in [0.25, 0.3) is 0 Å². The molecule has 6 nitrogen and oxygen atoms in total. The number of ether oxygens (including phenoxy) is 2. The Morgan fingerprint density at radius 1 is 1.03 bits per heavy atom. The Morgan fingerprint density at radius 2 is 1.67 bits per heavy atom. The van der Waals surface area contributed by atoms with Gasteiger partial charge in [0.15, 0.2) is 5.96 Å². The molecule has 1 aromatic carbocycles. The minimum absolute atomic E-state index is 0. The monoisotopic (exact) mass is 530 g/mol. The van der Waals surface area contributed by atoms with Gasteiger partial charge in [-0.15, -0.1) is 24.0 Å². The maximum absolute atomic E-state index is 5.67. The molecule has 0 saturated carbocycles. The molecule has 7 heteroatoms. The van der Waals surface area contributed by atoms with Crippen molar-refractivity contribution in [3.63, 3.8) is 0 Å². The van der Waals surface area contributed by atoms with Crippen LogP contribution in [0.4, 0.5) is 0 Å². The second-order valence-corrected chi connectivity index (χ2v) is 8.72. The number of hydrogen-bond acceptors (Lipinski definition) is 4. The Hall–Kier alpha value is -0.900. The van der Waals surface area contributed by atoms with Gasteiger partial charge in [0.05, 0.1) is 19.8 Å². The molecule has 0 aromatic heterocycles. The quantitative estimate of drug-likeness (QED) is 0.323. The highest BCUT2D eigenvalue weighted by Gasteiger charge is 2.34. The second kappa shape index (κ2) is 12.2. The zero-order valence-corrected chi connectivity index (χ0v) is 21.1. The van der Waals surface area contributed by atoms with E-state index in [4.69, 9.17) is 14.5 Å². The van der Waals surface area contributed by atoms with E-state index in [9.17, 15) is 0 Å². The maximum Gasteiger partial charge on any atom is 0.191 e. The lowest BCUT2D eigenvalue weighted by molar-refractivity contribution is -0.00684. The average molecular weight is 530 g/mol. The van der Waals surface area contributed by atoms with E-state index < -0.39 is 0 Å². The van der Waals surface area contributed by atoms with E-state index in [-0.39, 0.29) is 34.9 Å². The number of benzene rings is 1. The summed E-state index contributed by atoms with van der Waals surface area (Å²) >= 11 is 0. The molecule has 0 aliphatic carbocycles. The van der Waals surface area contributed by atoms with E-state index in [1.165, 1.54) is 5.56 Å². The Bertz CT molecular complexity index is 642. The Balaban J connectivity index is 0.00000320. The minimum Gasteiger partial charge on any atom is -0.381 e. The first kappa shape index (κ1) is 25.4. The summed E-state index contributed by atoms with van der Waals surface area (Å²) in [6, 6.07) is 10.9. The standard InChI is InChI=1S/C23H38N4O2.HI/c1-4-24-21(25-18-22(2,3)27-12-16-29-17-13-27)26-19-23(10-14-28-15-11-23)20-8-6-5-7-9-20;/h5-9H,4,10-19H2,1-3H3,(H2,24,25,26);1H. The third-order valence-electron chi connectivity index (χ3n) is 6.27. The Kier molecular flexibility index (Phi) is 10.3. The summed E-state index contributed by atoms with van der Waals surface area (Å²) in [5.74, 6) is 0.899. The first-order valence-corrected chi connectivity index (χ1v) is 11.0. The number of aliphatic imine (C=N–C) groups is 1. The van der Waals surface area contributed by atoms with E-state index in [1.807, 2.05) is 0 Å². The fourth-order valence-corrected chi connectivity index (χ4v) is 4.26. The molecule has 170 valence electrons. The van der Waals surface area contributed by atoms with Crippen molar-refractivity contribution in [2.75, 3.05) is 59.2 Å². The molecule has 0 bridgehead atoms. The SMILES string of the molecule is CCNC(=NCC(C)(C)N1CCOCC1)NCC1(c2ccccc2)CCOCC1.I.